The van der Waals surface area contributed by atoms with Gasteiger partial charge in [-0.3, -0.25) is 4.79 Å². The highest BCUT2D eigenvalue weighted by Crippen LogP contribution is 2.24. The van der Waals surface area contributed by atoms with Gasteiger partial charge in [0, 0.05) is 37.4 Å². The average Bonchev–Trinajstić information content (AvgIpc) is 2.64. The Morgan fingerprint density at radius 2 is 1.62 bits per heavy atom. The molecule has 0 atom stereocenters. The summed E-state index contributed by atoms with van der Waals surface area (Å²) in [5, 5.41) is 0. The second-order valence-electron chi connectivity index (χ2n) is 7.79. The van der Waals surface area contributed by atoms with E-state index in [4.69, 9.17) is 0 Å². The third kappa shape index (κ3) is 4.09. The monoisotopic (exact) mass is 350 g/mol. The molecule has 0 unspecified atom stereocenters. The van der Waals surface area contributed by atoms with Crippen molar-refractivity contribution in [1.82, 2.24) is 4.90 Å². The van der Waals surface area contributed by atoms with Crippen LogP contribution >= 0.6 is 0 Å². The third-order valence-electron chi connectivity index (χ3n) is 5.33. The molecule has 1 aliphatic rings. The van der Waals surface area contributed by atoms with Gasteiger partial charge >= 0.3 is 0 Å². The van der Waals surface area contributed by atoms with E-state index in [0.29, 0.717) is 5.92 Å². The van der Waals surface area contributed by atoms with Gasteiger partial charge in [0.25, 0.3) is 5.91 Å². The zero-order chi connectivity index (χ0) is 18.7. The molecule has 138 valence electrons. The van der Waals surface area contributed by atoms with Gasteiger partial charge in [-0.1, -0.05) is 38.1 Å². The number of benzene rings is 2. The molecule has 0 saturated carbocycles. The predicted molar refractivity (Wildman–Crippen MR) is 109 cm³/mol. The van der Waals surface area contributed by atoms with Gasteiger partial charge in [-0.05, 0) is 61.1 Å². The molecule has 26 heavy (non-hydrogen) atoms. The van der Waals surface area contributed by atoms with Gasteiger partial charge in [0.05, 0.1) is 0 Å². The number of aryl methyl sites for hydroxylation is 1. The summed E-state index contributed by atoms with van der Waals surface area (Å²) in [6.45, 7) is 12.1. The van der Waals surface area contributed by atoms with Gasteiger partial charge in [-0.2, -0.15) is 0 Å². The summed E-state index contributed by atoms with van der Waals surface area (Å²) < 4.78 is 0. The number of rotatable bonds is 4. The molecule has 0 bridgehead atoms. The molecule has 0 N–H and O–H groups in total. The zero-order valence-electron chi connectivity index (χ0n) is 16.5. The number of hydrogen-bond acceptors (Lipinski definition) is 2. The molecular weight excluding hydrogens is 320 g/mol. The van der Waals surface area contributed by atoms with Crippen LogP contribution in [0.3, 0.4) is 0 Å². The van der Waals surface area contributed by atoms with E-state index >= 15 is 0 Å². The molecule has 1 heterocycles. The lowest BCUT2D eigenvalue weighted by Gasteiger charge is -2.37. The Hall–Kier alpha value is -2.29. The van der Waals surface area contributed by atoms with Crippen molar-refractivity contribution in [2.75, 3.05) is 31.1 Å². The minimum Gasteiger partial charge on any atom is -0.368 e. The Bertz CT molecular complexity index is 756. The minimum atomic E-state index is 0.154. The van der Waals surface area contributed by atoms with Gasteiger partial charge < -0.3 is 9.80 Å². The smallest absolute Gasteiger partial charge is 0.253 e. The van der Waals surface area contributed by atoms with Crippen LogP contribution in [-0.2, 0) is 6.42 Å². The van der Waals surface area contributed by atoms with Gasteiger partial charge in [0.15, 0.2) is 0 Å². The summed E-state index contributed by atoms with van der Waals surface area (Å²) in [5.74, 6) is 0.788. The van der Waals surface area contributed by atoms with Crippen molar-refractivity contribution in [1.29, 1.82) is 0 Å². The zero-order valence-corrected chi connectivity index (χ0v) is 16.5. The van der Waals surface area contributed by atoms with E-state index in [2.05, 4.69) is 62.9 Å². The summed E-state index contributed by atoms with van der Waals surface area (Å²) in [5.41, 5.74) is 6.07. The lowest BCUT2D eigenvalue weighted by Crippen LogP contribution is -2.49. The highest BCUT2D eigenvalue weighted by atomic mass is 16.2. The maximum Gasteiger partial charge on any atom is 0.253 e. The quantitative estimate of drug-likeness (QED) is 0.812. The van der Waals surface area contributed by atoms with E-state index in [1.165, 1.54) is 22.4 Å². The van der Waals surface area contributed by atoms with Crippen molar-refractivity contribution in [2.24, 2.45) is 5.92 Å². The Morgan fingerprint density at radius 3 is 2.23 bits per heavy atom. The Balaban J connectivity index is 1.62. The second-order valence-corrected chi connectivity index (χ2v) is 7.79. The molecule has 1 aliphatic heterocycles. The Morgan fingerprint density at radius 1 is 0.962 bits per heavy atom. The molecule has 1 amide bonds. The van der Waals surface area contributed by atoms with E-state index in [1.54, 1.807) is 0 Å². The maximum atomic E-state index is 12.8. The van der Waals surface area contributed by atoms with E-state index in [0.717, 1.165) is 38.2 Å². The van der Waals surface area contributed by atoms with E-state index in [1.807, 2.05) is 17.0 Å². The number of carbonyl (C=O) groups is 1. The fourth-order valence-corrected chi connectivity index (χ4v) is 3.67. The number of piperazine rings is 1. The van der Waals surface area contributed by atoms with Gasteiger partial charge in [0.2, 0.25) is 0 Å². The van der Waals surface area contributed by atoms with Crippen molar-refractivity contribution in [3.8, 4) is 0 Å². The fourth-order valence-electron chi connectivity index (χ4n) is 3.67. The van der Waals surface area contributed by atoms with Crippen molar-refractivity contribution < 1.29 is 4.79 Å². The Kier molecular flexibility index (Phi) is 5.65. The standard InChI is InChI=1S/C23H30N2O/c1-17(2)16-20-8-10-21(11-9-20)23(26)25-14-12-24(13-15-25)22-7-5-6-18(3)19(22)4/h5-11,17H,12-16H2,1-4H3. The first-order valence-corrected chi connectivity index (χ1v) is 9.65. The third-order valence-corrected chi connectivity index (χ3v) is 5.33. The van der Waals surface area contributed by atoms with Crippen LogP contribution in [0.4, 0.5) is 5.69 Å². The van der Waals surface area contributed by atoms with Crippen LogP contribution in [0.25, 0.3) is 0 Å². The number of hydrogen-bond donors (Lipinski definition) is 0. The molecule has 0 radical (unpaired) electrons. The van der Waals surface area contributed by atoms with Gasteiger partial charge in [-0.25, -0.2) is 0 Å². The Labute approximate surface area is 157 Å². The summed E-state index contributed by atoms with van der Waals surface area (Å²) in [6.07, 6.45) is 1.06. The molecule has 0 aromatic heterocycles. The second kappa shape index (κ2) is 7.94. The molecule has 0 spiro atoms. The van der Waals surface area contributed by atoms with Crippen LogP contribution in [0.15, 0.2) is 42.5 Å². The van der Waals surface area contributed by atoms with Crippen LogP contribution in [0.5, 0.6) is 0 Å². The molecule has 2 aromatic carbocycles. The molecule has 1 fully saturated rings. The van der Waals surface area contributed by atoms with E-state index in [-0.39, 0.29) is 5.91 Å². The van der Waals surface area contributed by atoms with E-state index < -0.39 is 0 Å². The maximum absolute atomic E-state index is 12.8. The lowest BCUT2D eigenvalue weighted by atomic mass is 10.0. The van der Waals surface area contributed by atoms with Gasteiger partial charge in [0.1, 0.15) is 0 Å². The normalized spacial score (nSPS) is 14.8. The van der Waals surface area contributed by atoms with Crippen molar-refractivity contribution in [2.45, 2.75) is 34.1 Å². The number of nitrogens with zero attached hydrogens (tertiary/aromatic N) is 2. The van der Waals surface area contributed by atoms with Gasteiger partial charge in [-0.15, -0.1) is 0 Å². The van der Waals surface area contributed by atoms with Crippen LogP contribution < -0.4 is 4.90 Å². The molecule has 3 rings (SSSR count). The lowest BCUT2D eigenvalue weighted by molar-refractivity contribution is 0.0747. The fraction of sp³-hybridized carbons (Fsp3) is 0.435. The highest BCUT2D eigenvalue weighted by molar-refractivity contribution is 5.94. The number of anilines is 1. The minimum absolute atomic E-state index is 0.154. The van der Waals surface area contributed by atoms with Crippen LogP contribution in [0, 0.1) is 19.8 Å². The predicted octanol–water partition coefficient (Wildman–Crippen LogP) is 4.46. The molecule has 0 aliphatic carbocycles. The molecule has 3 heteroatoms. The van der Waals surface area contributed by atoms with Crippen molar-refractivity contribution in [3.05, 3.63) is 64.7 Å². The number of carbonyl (C=O) groups excluding carboxylic acids is 1. The summed E-state index contributed by atoms with van der Waals surface area (Å²) in [7, 11) is 0. The van der Waals surface area contributed by atoms with E-state index in [9.17, 15) is 4.79 Å². The summed E-state index contributed by atoms with van der Waals surface area (Å²) in [6, 6.07) is 14.6. The molecule has 1 saturated heterocycles. The average molecular weight is 351 g/mol. The first kappa shape index (κ1) is 18.5. The SMILES string of the molecule is Cc1cccc(N2CCN(C(=O)c3ccc(CC(C)C)cc3)CC2)c1C. The van der Waals surface area contributed by atoms with Crippen molar-refractivity contribution in [3.63, 3.8) is 0 Å². The highest BCUT2D eigenvalue weighted by Gasteiger charge is 2.23. The van der Waals surface area contributed by atoms with Crippen LogP contribution in [0.1, 0.15) is 40.9 Å². The largest absolute Gasteiger partial charge is 0.368 e. The molecule has 3 nitrogen and oxygen atoms in total. The van der Waals surface area contributed by atoms with Crippen LogP contribution in [-0.4, -0.2) is 37.0 Å². The molecule has 2 aromatic rings. The summed E-state index contributed by atoms with van der Waals surface area (Å²) >= 11 is 0. The first-order valence-electron chi connectivity index (χ1n) is 9.65. The first-order chi connectivity index (χ1) is 12.5. The molecular formula is C23H30N2O. The number of amides is 1. The van der Waals surface area contributed by atoms with Crippen LogP contribution in [0.2, 0.25) is 0 Å². The summed E-state index contributed by atoms with van der Waals surface area (Å²) in [4.78, 5) is 17.2. The topological polar surface area (TPSA) is 23.6 Å². The van der Waals surface area contributed by atoms with Crippen molar-refractivity contribution >= 4 is 11.6 Å².